The Morgan fingerprint density at radius 2 is 0.596 bits per heavy atom. The highest BCUT2D eigenvalue weighted by atomic mass is 16.6. The van der Waals surface area contributed by atoms with Gasteiger partial charge in [0.2, 0.25) is 0 Å². The van der Waals surface area contributed by atoms with E-state index in [2.05, 4.69) is 121 Å². The number of phenols is 2. The molecule has 0 radical (unpaired) electrons. The lowest BCUT2D eigenvalue weighted by Crippen LogP contribution is -2.52. The van der Waals surface area contributed by atoms with Crippen molar-refractivity contribution in [2.45, 2.75) is 349 Å². The lowest BCUT2D eigenvalue weighted by atomic mass is 9.58. The molecule has 0 saturated carbocycles. The van der Waals surface area contributed by atoms with Crippen molar-refractivity contribution in [1.29, 1.82) is 0 Å². The summed E-state index contributed by atoms with van der Waals surface area (Å²) in [7, 11) is 0. The molecule has 500 valence electrons. The fourth-order valence-corrected chi connectivity index (χ4v) is 13.4. The molecule has 6 nitrogen and oxygen atoms in total. The molecule has 0 aliphatic rings. The van der Waals surface area contributed by atoms with Crippen LogP contribution in [0.5, 0.6) is 11.5 Å². The molecule has 0 aliphatic carbocycles. The molecule has 89 heavy (non-hydrogen) atoms. The van der Waals surface area contributed by atoms with E-state index in [1.165, 1.54) is 154 Å². The van der Waals surface area contributed by atoms with Crippen LogP contribution in [0.1, 0.15) is 359 Å². The third kappa shape index (κ3) is 26.2. The normalized spacial score (nSPS) is 13.2. The van der Waals surface area contributed by atoms with E-state index < -0.39 is 40.0 Å². The maximum Gasteiger partial charge on any atom is 0.324 e. The van der Waals surface area contributed by atoms with Crippen LogP contribution in [0.15, 0.2) is 84.9 Å². The molecule has 4 aromatic rings. The van der Waals surface area contributed by atoms with Gasteiger partial charge in [0.05, 0.1) is 13.2 Å². The molecule has 0 spiro atoms. The second-order valence-electron chi connectivity index (χ2n) is 31.1. The lowest BCUT2D eigenvalue weighted by molar-refractivity contribution is -0.177. The first kappa shape index (κ1) is 76.9. The van der Waals surface area contributed by atoms with Crippen molar-refractivity contribution in [3.63, 3.8) is 0 Å². The minimum absolute atomic E-state index is 0.135. The molecule has 0 heterocycles. The minimum atomic E-state index is -2.02. The van der Waals surface area contributed by atoms with E-state index >= 15 is 9.59 Å². The second kappa shape index (κ2) is 39.7. The van der Waals surface area contributed by atoms with Crippen LogP contribution in [0, 0.1) is 5.41 Å². The third-order valence-electron chi connectivity index (χ3n) is 19.2. The highest BCUT2D eigenvalue weighted by Crippen LogP contribution is 2.55. The fraction of sp³-hybridized carbons (Fsp3) is 0.687. The molecule has 2 unspecified atom stereocenters. The zero-order chi connectivity index (χ0) is 65.4. The number of carbonyl (C=O) groups excluding carboxylic acids is 2. The Bertz CT molecular complexity index is 2390. The van der Waals surface area contributed by atoms with Gasteiger partial charge in [-0.15, -0.1) is 0 Å². The number of ether oxygens (including phenoxy) is 2. The van der Waals surface area contributed by atoms with Crippen molar-refractivity contribution in [3.05, 3.63) is 129 Å². The molecule has 2 atom stereocenters. The summed E-state index contributed by atoms with van der Waals surface area (Å²) in [6, 6.07) is 28.4. The Morgan fingerprint density at radius 3 is 0.831 bits per heavy atom. The summed E-state index contributed by atoms with van der Waals surface area (Å²) in [6.45, 7) is 30.8. The number of unbranched alkanes of at least 4 members (excludes halogenated alkanes) is 30. The van der Waals surface area contributed by atoms with Crippen LogP contribution in [-0.4, -0.2) is 35.4 Å². The van der Waals surface area contributed by atoms with E-state index in [0.717, 1.165) is 71.9 Å². The molecule has 0 saturated heterocycles. The molecule has 0 amide bonds. The van der Waals surface area contributed by atoms with Crippen LogP contribution in [0.3, 0.4) is 0 Å². The zero-order valence-corrected chi connectivity index (χ0v) is 59.7. The van der Waals surface area contributed by atoms with Gasteiger partial charge >= 0.3 is 11.9 Å². The molecule has 2 N–H and O–H groups in total. The summed E-state index contributed by atoms with van der Waals surface area (Å²) in [4.78, 5) is 33.4. The van der Waals surface area contributed by atoms with Crippen molar-refractivity contribution in [3.8, 4) is 11.5 Å². The maximum atomic E-state index is 16.7. The van der Waals surface area contributed by atoms with Crippen molar-refractivity contribution in [1.82, 2.24) is 0 Å². The van der Waals surface area contributed by atoms with Crippen LogP contribution in [0.4, 0.5) is 0 Å². The monoisotopic (exact) mass is 1230 g/mol. The molecule has 0 aromatic heterocycles. The number of phenolic OH excluding ortho intramolecular Hbond substituents is 2. The van der Waals surface area contributed by atoms with Crippen molar-refractivity contribution in [2.75, 3.05) is 13.2 Å². The minimum Gasteiger partial charge on any atom is -0.507 e. The van der Waals surface area contributed by atoms with Gasteiger partial charge in [0, 0.05) is 11.8 Å². The Labute approximate surface area is 546 Å². The predicted molar refractivity (Wildman–Crippen MR) is 380 cm³/mol. The number of benzene rings is 4. The largest absolute Gasteiger partial charge is 0.507 e. The van der Waals surface area contributed by atoms with E-state index in [1.807, 2.05) is 60.7 Å². The van der Waals surface area contributed by atoms with Gasteiger partial charge in [0.1, 0.15) is 11.5 Å². The van der Waals surface area contributed by atoms with Gasteiger partial charge in [-0.3, -0.25) is 9.59 Å². The number of hydrogen-bond donors (Lipinski definition) is 2. The summed E-state index contributed by atoms with van der Waals surface area (Å²) in [5.74, 6) is -2.69. The molecule has 0 bridgehead atoms. The van der Waals surface area contributed by atoms with Gasteiger partial charge in [0.25, 0.3) is 0 Å². The summed E-state index contributed by atoms with van der Waals surface area (Å²) in [5.41, 5.74) is 3.16. The van der Waals surface area contributed by atoms with E-state index in [-0.39, 0.29) is 48.4 Å². The van der Waals surface area contributed by atoms with Crippen molar-refractivity contribution >= 4 is 11.9 Å². The van der Waals surface area contributed by atoms with Crippen LogP contribution in [0.2, 0.25) is 0 Å². The molecule has 4 rings (SSSR count). The standard InChI is InChI=1S/C83H132O6/c1-15-17-19-21-23-25-27-29-31-33-35-37-39-41-43-51-57-88-77(86)83(78(87)89-58-52-44-42-40-38-36-34-32-30-28-26-24-22-20-18-16-2,71(65-53-47-45-48-54-65)61-67-59-69(79(3,4)5)63-73(75(67)84)81(9,10)11)72(66-55-49-46-50-56-66)62-68-60-70(80(6,7)8)64-74(76(68)85)82(12,13)14/h45-50,53-56,59-60,63-64,71-72,84-85H,15-44,51-52,57-58,61-62H2,1-14H3. The van der Waals surface area contributed by atoms with Gasteiger partial charge in [-0.2, -0.15) is 0 Å². The van der Waals surface area contributed by atoms with E-state index in [1.54, 1.807) is 0 Å². The Balaban J connectivity index is 1.81. The Morgan fingerprint density at radius 1 is 0.348 bits per heavy atom. The van der Waals surface area contributed by atoms with E-state index in [9.17, 15) is 10.2 Å². The van der Waals surface area contributed by atoms with Crippen molar-refractivity contribution < 1.29 is 29.3 Å². The van der Waals surface area contributed by atoms with Crippen molar-refractivity contribution in [2.24, 2.45) is 5.41 Å². The topological polar surface area (TPSA) is 93.1 Å². The summed E-state index contributed by atoms with van der Waals surface area (Å²) in [6.07, 6.45) is 39.8. The smallest absolute Gasteiger partial charge is 0.324 e. The van der Waals surface area contributed by atoms with Crippen LogP contribution in [-0.2, 0) is 53.6 Å². The zero-order valence-electron chi connectivity index (χ0n) is 59.7. The van der Waals surface area contributed by atoms with Gasteiger partial charge in [-0.1, -0.05) is 374 Å². The third-order valence-corrected chi connectivity index (χ3v) is 19.2. The average Bonchev–Trinajstić information content (AvgIpc) is 0.762. The number of esters is 2. The maximum absolute atomic E-state index is 16.7. The first-order chi connectivity index (χ1) is 42.4. The summed E-state index contributed by atoms with van der Waals surface area (Å²) in [5, 5.41) is 25.5. The molecular weight excluding hydrogens is 1090 g/mol. The van der Waals surface area contributed by atoms with Crippen LogP contribution in [0.25, 0.3) is 0 Å². The first-order valence-electron chi connectivity index (χ1n) is 36.6. The highest BCUT2D eigenvalue weighted by molar-refractivity contribution is 6.03. The van der Waals surface area contributed by atoms with Gasteiger partial charge in [-0.05, 0) is 91.9 Å². The molecule has 0 aliphatic heterocycles. The highest BCUT2D eigenvalue weighted by Gasteiger charge is 2.61. The second-order valence-corrected chi connectivity index (χ2v) is 31.1. The van der Waals surface area contributed by atoms with Crippen LogP contribution < -0.4 is 0 Å². The Hall–Kier alpha value is -4.58. The average molecular weight is 1230 g/mol. The fourth-order valence-electron chi connectivity index (χ4n) is 13.4. The number of rotatable bonds is 44. The number of carbonyl (C=O) groups is 2. The first-order valence-corrected chi connectivity index (χ1v) is 36.6. The predicted octanol–water partition coefficient (Wildman–Crippen LogP) is 24.2. The number of aromatic hydroxyl groups is 2. The van der Waals surface area contributed by atoms with Gasteiger partial charge < -0.3 is 19.7 Å². The SMILES string of the molecule is CCCCCCCCCCCCCCCCCCOC(=O)C(C(=O)OCCCCCCCCCCCCCCCCCC)(C(Cc1cc(C(C)(C)C)cc(C(C)(C)C)c1O)c1ccccc1)C(Cc1cc(C(C)(C)C)cc(C(C)(C)C)c1O)c1ccccc1. The molecule has 0 fully saturated rings. The lowest BCUT2D eigenvalue weighted by Gasteiger charge is -2.43. The summed E-state index contributed by atoms with van der Waals surface area (Å²) >= 11 is 0. The van der Waals surface area contributed by atoms with Crippen LogP contribution >= 0.6 is 0 Å². The molecule has 6 heteroatoms. The van der Waals surface area contributed by atoms with Gasteiger partial charge in [-0.25, -0.2) is 0 Å². The van der Waals surface area contributed by atoms with Gasteiger partial charge in [0.15, 0.2) is 5.41 Å². The molecule has 4 aromatic carbocycles. The van der Waals surface area contributed by atoms with E-state index in [0.29, 0.717) is 24.0 Å². The van der Waals surface area contributed by atoms with E-state index in [4.69, 9.17) is 9.47 Å². The molecular formula is C83H132O6. The summed E-state index contributed by atoms with van der Waals surface area (Å²) < 4.78 is 13.5. The Kier molecular flexibility index (Phi) is 34.3. The number of hydrogen-bond acceptors (Lipinski definition) is 6. The quantitative estimate of drug-likeness (QED) is 0.0260.